The van der Waals surface area contributed by atoms with E-state index in [-0.39, 0.29) is 5.92 Å². The van der Waals surface area contributed by atoms with Gasteiger partial charge in [-0.2, -0.15) is 10.5 Å². The van der Waals surface area contributed by atoms with E-state index >= 15 is 0 Å². The van der Waals surface area contributed by atoms with Gasteiger partial charge in [0, 0.05) is 5.92 Å². The Balaban J connectivity index is 2.08. The zero-order chi connectivity index (χ0) is 19.5. The maximum absolute atomic E-state index is 10.4. The third kappa shape index (κ3) is 2.69. The normalized spacial score (nSPS) is 30.1. The van der Waals surface area contributed by atoms with Gasteiger partial charge in [-0.15, -0.1) is 23.5 Å². The van der Waals surface area contributed by atoms with Crippen molar-refractivity contribution in [3.05, 3.63) is 35.9 Å². The topological polar surface area (TPSA) is 86.0 Å². The first-order valence-corrected chi connectivity index (χ1v) is 11.6. The summed E-state index contributed by atoms with van der Waals surface area (Å²) in [6, 6.07) is 14.9. The lowest BCUT2D eigenvalue weighted by Crippen LogP contribution is -2.32. The molecule has 1 aromatic rings. The number of hydrogen-bond acceptors (Lipinski definition) is 6. The number of nitriles is 2. The first-order chi connectivity index (χ1) is 13.1. The maximum Gasteiger partial charge on any atom is 0.175 e. The fourth-order valence-corrected chi connectivity index (χ4v) is 7.90. The molecule has 0 saturated heterocycles. The molecule has 2 N–H and O–H groups in total. The quantitative estimate of drug-likeness (QED) is 0.472. The van der Waals surface area contributed by atoms with Crippen LogP contribution in [-0.2, 0) is 0 Å². The molecular formula is C21H26N4S2. The van der Waals surface area contributed by atoms with Gasteiger partial charge < -0.3 is 5.73 Å². The summed E-state index contributed by atoms with van der Waals surface area (Å²) in [5.74, 6) is 1.95. The molecule has 3 atom stereocenters. The summed E-state index contributed by atoms with van der Waals surface area (Å²) in [5, 5.41) is 20.6. The lowest BCUT2D eigenvalue weighted by molar-refractivity contribution is 0.562. The third-order valence-corrected chi connectivity index (χ3v) is 8.95. The van der Waals surface area contributed by atoms with E-state index in [0.717, 1.165) is 42.8 Å². The summed E-state index contributed by atoms with van der Waals surface area (Å²) >= 11 is 3.44. The summed E-state index contributed by atoms with van der Waals surface area (Å²) < 4.78 is -0.702. The molecule has 1 heterocycles. The summed E-state index contributed by atoms with van der Waals surface area (Å²) in [4.78, 5) is 4.83. The van der Waals surface area contributed by atoms with Crippen molar-refractivity contribution in [3.8, 4) is 12.1 Å². The van der Waals surface area contributed by atoms with Gasteiger partial charge in [0.05, 0.1) is 12.1 Å². The van der Waals surface area contributed by atoms with Gasteiger partial charge in [0.1, 0.15) is 16.7 Å². The van der Waals surface area contributed by atoms with Crippen LogP contribution in [0.3, 0.4) is 0 Å². The number of rotatable bonds is 9. The molecule has 4 nitrogen and oxygen atoms in total. The molecule has 2 aliphatic rings. The highest BCUT2D eigenvalue weighted by molar-refractivity contribution is 8.18. The molecule has 3 rings (SSSR count). The van der Waals surface area contributed by atoms with Crippen molar-refractivity contribution < 1.29 is 0 Å². The third-order valence-electron chi connectivity index (χ3n) is 5.65. The Labute approximate surface area is 170 Å². The molecule has 1 fully saturated rings. The number of hydrogen-bond donors (Lipinski definition) is 1. The van der Waals surface area contributed by atoms with Gasteiger partial charge in [-0.1, -0.05) is 57.0 Å². The van der Waals surface area contributed by atoms with Crippen LogP contribution in [0.25, 0.3) is 0 Å². The van der Waals surface area contributed by atoms with E-state index in [1.807, 2.05) is 30.3 Å². The summed E-state index contributed by atoms with van der Waals surface area (Å²) in [7, 11) is 0. The van der Waals surface area contributed by atoms with Gasteiger partial charge in [0.2, 0.25) is 0 Å². The van der Waals surface area contributed by atoms with E-state index in [4.69, 9.17) is 10.7 Å². The number of benzene rings is 1. The molecule has 0 aromatic heterocycles. The van der Waals surface area contributed by atoms with E-state index in [0.29, 0.717) is 5.84 Å². The number of thioether (sulfide) groups is 2. The van der Waals surface area contributed by atoms with E-state index in [2.05, 4.69) is 26.0 Å². The fourth-order valence-electron chi connectivity index (χ4n) is 4.21. The Bertz CT molecular complexity index is 785. The van der Waals surface area contributed by atoms with Crippen molar-refractivity contribution in [1.29, 1.82) is 10.5 Å². The second-order valence-electron chi connectivity index (χ2n) is 7.17. The Hall–Kier alpha value is -1.63. The summed E-state index contributed by atoms with van der Waals surface area (Å²) in [6.45, 7) is 4.32. The molecule has 1 aliphatic carbocycles. The monoisotopic (exact) mass is 398 g/mol. The zero-order valence-corrected chi connectivity index (χ0v) is 17.6. The molecule has 142 valence electrons. The molecule has 1 aromatic carbocycles. The molecule has 1 saturated carbocycles. The molecule has 3 unspecified atom stereocenters. The summed E-state index contributed by atoms with van der Waals surface area (Å²) in [6.07, 6.45) is 4.31. The number of aliphatic imine (C=N–C) groups is 1. The first kappa shape index (κ1) is 20.1. The van der Waals surface area contributed by atoms with Crippen LogP contribution in [0.15, 0.2) is 35.3 Å². The van der Waals surface area contributed by atoms with Crippen LogP contribution < -0.4 is 5.73 Å². The first-order valence-electron chi connectivity index (χ1n) is 9.61. The van der Waals surface area contributed by atoms with E-state index < -0.39 is 15.0 Å². The number of fused-ring (bicyclic) bond motifs is 1. The highest BCUT2D eigenvalue weighted by Gasteiger charge is 2.91. The van der Waals surface area contributed by atoms with Gasteiger partial charge in [0.25, 0.3) is 0 Å². The van der Waals surface area contributed by atoms with Crippen LogP contribution in [0.5, 0.6) is 0 Å². The lowest BCUT2D eigenvalue weighted by Gasteiger charge is -2.32. The maximum atomic E-state index is 10.4. The molecule has 0 amide bonds. The highest BCUT2D eigenvalue weighted by atomic mass is 32.2. The SMILES string of the molecule is CCCCSC1(SCCCC)N=C(N)C2(C#N)C(c3ccccc3)C12C#N. The van der Waals surface area contributed by atoms with Gasteiger partial charge in [0.15, 0.2) is 4.20 Å². The smallest absolute Gasteiger partial charge is 0.175 e. The number of nitrogens with two attached hydrogens (primary N) is 1. The molecule has 1 aliphatic heterocycles. The minimum atomic E-state index is -1.01. The van der Waals surface area contributed by atoms with E-state index in [1.54, 1.807) is 23.5 Å². The standard InChI is InChI=1S/C21H26N4S2/c1-3-5-12-26-21(27-13-6-4-2)20(15-23)17(16-10-8-7-9-11-16)19(20,14-22)18(24)25-21/h7-11,17H,3-6,12-13H2,1-2H3,(H2,24,25). The predicted molar refractivity (Wildman–Crippen MR) is 114 cm³/mol. The molecule has 27 heavy (non-hydrogen) atoms. The van der Waals surface area contributed by atoms with Crippen LogP contribution in [0.2, 0.25) is 0 Å². The van der Waals surface area contributed by atoms with Crippen molar-refractivity contribution in [3.63, 3.8) is 0 Å². The fraction of sp³-hybridized carbons (Fsp3) is 0.571. The van der Waals surface area contributed by atoms with E-state index in [9.17, 15) is 10.5 Å². The van der Waals surface area contributed by atoms with Crippen LogP contribution in [0, 0.1) is 33.5 Å². The lowest BCUT2D eigenvalue weighted by atomic mass is 9.97. The Morgan fingerprint density at radius 3 is 2.11 bits per heavy atom. The number of amidine groups is 1. The summed E-state index contributed by atoms with van der Waals surface area (Å²) in [5.41, 5.74) is 5.48. The van der Waals surface area contributed by atoms with Gasteiger partial charge in [-0.05, 0) is 29.9 Å². The van der Waals surface area contributed by atoms with Crippen molar-refractivity contribution in [2.45, 2.75) is 49.7 Å². The van der Waals surface area contributed by atoms with Crippen LogP contribution >= 0.6 is 23.5 Å². The largest absolute Gasteiger partial charge is 0.386 e. The molecule has 6 heteroatoms. The van der Waals surface area contributed by atoms with Crippen molar-refractivity contribution >= 4 is 29.4 Å². The number of unbranched alkanes of at least 4 members (excludes halogenated alkanes) is 2. The molecular weight excluding hydrogens is 372 g/mol. The number of nitrogens with zero attached hydrogens (tertiary/aromatic N) is 3. The Kier molecular flexibility index (Phi) is 5.79. The minimum Gasteiger partial charge on any atom is -0.386 e. The Morgan fingerprint density at radius 2 is 1.63 bits per heavy atom. The van der Waals surface area contributed by atoms with Gasteiger partial charge in [-0.25, -0.2) is 4.99 Å². The van der Waals surface area contributed by atoms with Gasteiger partial charge in [-0.3, -0.25) is 0 Å². The zero-order valence-electron chi connectivity index (χ0n) is 15.9. The van der Waals surface area contributed by atoms with Crippen LogP contribution in [0.1, 0.15) is 51.0 Å². The Morgan fingerprint density at radius 1 is 1.04 bits per heavy atom. The van der Waals surface area contributed by atoms with Crippen molar-refractivity contribution in [2.24, 2.45) is 21.6 Å². The van der Waals surface area contributed by atoms with Crippen LogP contribution in [0.4, 0.5) is 0 Å². The molecule has 0 radical (unpaired) electrons. The average molecular weight is 399 g/mol. The minimum absolute atomic E-state index is 0.220. The predicted octanol–water partition coefficient (Wildman–Crippen LogP) is 4.89. The highest BCUT2D eigenvalue weighted by Crippen LogP contribution is 2.85. The molecule has 0 spiro atoms. The van der Waals surface area contributed by atoms with Crippen LogP contribution in [-0.4, -0.2) is 21.5 Å². The second-order valence-corrected chi connectivity index (χ2v) is 10.0. The average Bonchev–Trinajstić information content (AvgIpc) is 3.27. The van der Waals surface area contributed by atoms with Crippen molar-refractivity contribution in [2.75, 3.05) is 11.5 Å². The van der Waals surface area contributed by atoms with Crippen molar-refractivity contribution in [1.82, 2.24) is 0 Å². The second kappa shape index (κ2) is 7.78. The van der Waals surface area contributed by atoms with Gasteiger partial charge >= 0.3 is 0 Å². The van der Waals surface area contributed by atoms with E-state index in [1.165, 1.54) is 0 Å². The molecule has 0 bridgehead atoms.